The smallest absolute Gasteiger partial charge is 0.237 e. The lowest BCUT2D eigenvalue weighted by Crippen LogP contribution is -2.22. The lowest BCUT2D eigenvalue weighted by Gasteiger charge is -2.10. The fourth-order valence-electron chi connectivity index (χ4n) is 2.09. The third kappa shape index (κ3) is 4.89. The number of thioether (sulfide) groups is 1. The van der Waals surface area contributed by atoms with E-state index in [0.29, 0.717) is 24.0 Å². The number of hydrogen-bond acceptors (Lipinski definition) is 5. The van der Waals surface area contributed by atoms with Crippen LogP contribution in [-0.4, -0.2) is 20.9 Å². The summed E-state index contributed by atoms with van der Waals surface area (Å²) in [6.45, 7) is 1.72. The molecule has 140 valence electrons. The van der Waals surface area contributed by atoms with Crippen molar-refractivity contribution in [3.63, 3.8) is 0 Å². The van der Waals surface area contributed by atoms with Gasteiger partial charge in [0.15, 0.2) is 8.29 Å². The van der Waals surface area contributed by atoms with Crippen molar-refractivity contribution >= 4 is 70.1 Å². The van der Waals surface area contributed by atoms with Gasteiger partial charge in [0.1, 0.15) is 5.82 Å². The topological polar surface area (TPSA) is 46.9 Å². The zero-order valence-corrected chi connectivity index (χ0v) is 17.7. The Kier molecular flexibility index (Phi) is 6.54. The van der Waals surface area contributed by atoms with Crippen LogP contribution in [0.5, 0.6) is 0 Å². The molecule has 3 rings (SSSR count). The van der Waals surface area contributed by atoms with Gasteiger partial charge in [0.2, 0.25) is 5.91 Å². The molecule has 1 aromatic heterocycles. The highest BCUT2D eigenvalue weighted by Crippen LogP contribution is 2.30. The highest BCUT2D eigenvalue weighted by atomic mass is 35.5. The van der Waals surface area contributed by atoms with Crippen LogP contribution in [0.4, 0.5) is 10.1 Å². The van der Waals surface area contributed by atoms with E-state index in [4.69, 9.17) is 35.4 Å². The molecule has 10 heteroatoms. The summed E-state index contributed by atoms with van der Waals surface area (Å²) >= 11 is 19.8. The first-order valence-electron chi connectivity index (χ1n) is 7.63. The maximum atomic E-state index is 13.7. The molecule has 4 nitrogen and oxygen atoms in total. The number of carbonyl (C=O) groups is 1. The number of para-hydroxylation sites is 1. The third-order valence-corrected chi connectivity index (χ3v) is 6.61. The summed E-state index contributed by atoms with van der Waals surface area (Å²) in [6.07, 6.45) is 0. The van der Waals surface area contributed by atoms with Gasteiger partial charge in [-0.3, -0.25) is 4.79 Å². The minimum atomic E-state index is -0.493. The molecule has 1 amide bonds. The van der Waals surface area contributed by atoms with Gasteiger partial charge in [-0.2, -0.15) is 0 Å². The molecule has 0 saturated carbocycles. The van der Waals surface area contributed by atoms with Gasteiger partial charge < -0.3 is 5.32 Å². The first-order chi connectivity index (χ1) is 12.8. The van der Waals surface area contributed by atoms with Gasteiger partial charge >= 0.3 is 0 Å². The van der Waals surface area contributed by atoms with Gasteiger partial charge in [-0.1, -0.05) is 58.4 Å². The molecule has 2 aromatic carbocycles. The molecule has 0 unspecified atom stereocenters. The quantitative estimate of drug-likeness (QED) is 0.362. The zero-order valence-electron chi connectivity index (χ0n) is 13.8. The molecule has 1 N–H and O–H groups in total. The number of anilines is 1. The van der Waals surface area contributed by atoms with Crippen LogP contribution in [0.2, 0.25) is 10.0 Å². The van der Waals surface area contributed by atoms with Crippen LogP contribution in [0, 0.1) is 9.77 Å². The lowest BCUT2D eigenvalue weighted by atomic mass is 10.3. The van der Waals surface area contributed by atoms with Crippen molar-refractivity contribution < 1.29 is 9.18 Å². The second-order valence-corrected chi connectivity index (χ2v) is 9.40. The Labute approximate surface area is 178 Å². The van der Waals surface area contributed by atoms with E-state index in [0.717, 1.165) is 0 Å². The van der Waals surface area contributed by atoms with E-state index in [9.17, 15) is 9.18 Å². The maximum Gasteiger partial charge on any atom is 0.237 e. The standard InChI is InChI=1S/C17H12Cl2FN3OS3/c1-9(15(24)21-14-5-3-2-4-13(14)20)26-16-22-23(17(25)27-16)10-6-7-11(18)12(19)8-10/h2-9H,1H3,(H,21,24)/t9-/m1/s1. The van der Waals surface area contributed by atoms with E-state index in [1.165, 1.54) is 35.2 Å². The average molecular weight is 460 g/mol. The molecule has 1 heterocycles. The van der Waals surface area contributed by atoms with Crippen LogP contribution >= 0.6 is 58.5 Å². The van der Waals surface area contributed by atoms with E-state index in [1.54, 1.807) is 41.9 Å². The molecule has 3 aromatic rings. The highest BCUT2D eigenvalue weighted by Gasteiger charge is 2.19. The number of aromatic nitrogens is 2. The van der Waals surface area contributed by atoms with Gasteiger partial charge in [0, 0.05) is 0 Å². The molecule has 0 spiro atoms. The molecule has 0 aliphatic carbocycles. The van der Waals surface area contributed by atoms with Crippen molar-refractivity contribution in [2.45, 2.75) is 16.5 Å². The monoisotopic (exact) mass is 459 g/mol. The summed E-state index contributed by atoms with van der Waals surface area (Å²) < 4.78 is 16.4. The molecular weight excluding hydrogens is 448 g/mol. The maximum absolute atomic E-state index is 13.7. The van der Waals surface area contributed by atoms with Crippen LogP contribution in [0.25, 0.3) is 5.69 Å². The van der Waals surface area contributed by atoms with Crippen molar-refractivity contribution in [2.75, 3.05) is 5.32 Å². The van der Waals surface area contributed by atoms with Gasteiger partial charge in [-0.15, -0.1) is 5.10 Å². The number of hydrogen-bond donors (Lipinski definition) is 1. The van der Waals surface area contributed by atoms with Crippen molar-refractivity contribution in [1.29, 1.82) is 0 Å². The van der Waals surface area contributed by atoms with E-state index in [-0.39, 0.29) is 11.6 Å². The third-order valence-electron chi connectivity index (χ3n) is 3.46. The summed E-state index contributed by atoms with van der Waals surface area (Å²) in [5, 5.41) is 7.36. The Hall–Kier alpha value is -1.45. The van der Waals surface area contributed by atoms with Crippen LogP contribution in [0.15, 0.2) is 46.8 Å². The predicted molar refractivity (Wildman–Crippen MR) is 113 cm³/mol. The fraction of sp³-hybridized carbons (Fsp3) is 0.118. The second-order valence-electron chi connectivity index (χ2n) is 5.37. The minimum Gasteiger partial charge on any atom is -0.323 e. The summed E-state index contributed by atoms with van der Waals surface area (Å²) in [5.74, 6) is -0.810. The Morgan fingerprint density at radius 2 is 2.04 bits per heavy atom. The van der Waals surface area contributed by atoms with Crippen molar-refractivity contribution in [2.24, 2.45) is 0 Å². The molecular formula is C17H12Cl2FN3OS3. The lowest BCUT2D eigenvalue weighted by molar-refractivity contribution is -0.115. The van der Waals surface area contributed by atoms with Crippen LogP contribution in [0.3, 0.4) is 0 Å². The molecule has 1 atom stereocenters. The van der Waals surface area contributed by atoms with E-state index in [2.05, 4.69) is 10.4 Å². The number of rotatable bonds is 5. The number of nitrogens with zero attached hydrogens (tertiary/aromatic N) is 2. The molecule has 0 fully saturated rings. The predicted octanol–water partition coefficient (Wildman–Crippen LogP) is 6.23. The largest absolute Gasteiger partial charge is 0.323 e. The summed E-state index contributed by atoms with van der Waals surface area (Å²) in [6, 6.07) is 11.1. The molecule has 0 bridgehead atoms. The average Bonchev–Trinajstić information content (AvgIpc) is 2.99. The highest BCUT2D eigenvalue weighted by molar-refractivity contribution is 8.02. The normalized spacial score (nSPS) is 12.0. The van der Waals surface area contributed by atoms with Crippen molar-refractivity contribution in [3.05, 3.63) is 62.3 Å². The van der Waals surface area contributed by atoms with Gasteiger partial charge in [-0.05, 0) is 49.5 Å². The van der Waals surface area contributed by atoms with Crippen LogP contribution < -0.4 is 5.32 Å². The zero-order chi connectivity index (χ0) is 19.6. The second kappa shape index (κ2) is 8.70. The van der Waals surface area contributed by atoms with Crippen LogP contribution in [-0.2, 0) is 4.79 Å². The SMILES string of the molecule is C[C@@H](Sc1nn(-c2ccc(Cl)c(Cl)c2)c(=S)s1)C(=O)Nc1ccccc1F. The molecule has 0 saturated heterocycles. The fourth-order valence-corrected chi connectivity index (χ4v) is 4.89. The van der Waals surface area contributed by atoms with Gasteiger partial charge in [0.25, 0.3) is 0 Å². The Balaban J connectivity index is 1.74. The summed E-state index contributed by atoms with van der Waals surface area (Å²) in [4.78, 5) is 12.3. The number of halogens is 3. The first kappa shape index (κ1) is 20.3. The molecule has 0 aliphatic rings. The Morgan fingerprint density at radius 1 is 1.30 bits per heavy atom. The number of nitrogens with one attached hydrogen (secondary N) is 1. The molecule has 0 radical (unpaired) electrons. The van der Waals surface area contributed by atoms with Gasteiger partial charge in [0.05, 0.1) is 26.7 Å². The van der Waals surface area contributed by atoms with E-state index in [1.807, 2.05) is 0 Å². The van der Waals surface area contributed by atoms with Crippen LogP contribution in [0.1, 0.15) is 6.92 Å². The molecule has 0 aliphatic heterocycles. The minimum absolute atomic E-state index is 0.143. The number of carbonyl (C=O) groups excluding carboxylic acids is 1. The number of amides is 1. The van der Waals surface area contributed by atoms with Gasteiger partial charge in [-0.25, -0.2) is 9.07 Å². The van der Waals surface area contributed by atoms with Crippen molar-refractivity contribution in [1.82, 2.24) is 9.78 Å². The Bertz CT molecular complexity index is 1050. The van der Waals surface area contributed by atoms with Crippen molar-refractivity contribution in [3.8, 4) is 5.69 Å². The summed E-state index contributed by atoms with van der Waals surface area (Å²) in [5.41, 5.74) is 0.824. The van der Waals surface area contributed by atoms with E-state index >= 15 is 0 Å². The summed E-state index contributed by atoms with van der Waals surface area (Å²) in [7, 11) is 0. The molecule has 27 heavy (non-hydrogen) atoms. The Morgan fingerprint density at radius 3 is 2.74 bits per heavy atom. The first-order valence-corrected chi connectivity index (χ1v) is 10.5. The van der Waals surface area contributed by atoms with E-state index < -0.39 is 11.1 Å². The number of benzene rings is 2.